The molecule has 0 saturated carbocycles. The van der Waals surface area contributed by atoms with Crippen LogP contribution in [0, 0.1) is 6.92 Å². The Morgan fingerprint density at radius 2 is 1.91 bits per heavy atom. The summed E-state index contributed by atoms with van der Waals surface area (Å²) < 4.78 is 4.77. The lowest BCUT2D eigenvalue weighted by molar-refractivity contribution is -0.156. The molecule has 2 heteroatoms. The van der Waals surface area contributed by atoms with Gasteiger partial charge in [0.15, 0.2) is 5.79 Å². The van der Waals surface area contributed by atoms with E-state index >= 15 is 0 Å². The average molecular weight is 151 g/mol. The van der Waals surface area contributed by atoms with Crippen molar-refractivity contribution in [3.05, 3.63) is 42.8 Å². The maximum atomic E-state index is 9.46. The van der Waals surface area contributed by atoms with Gasteiger partial charge in [-0.3, -0.25) is 0 Å². The van der Waals surface area contributed by atoms with E-state index in [1.54, 1.807) is 12.1 Å². The second-order valence-corrected chi connectivity index (χ2v) is 2.35. The van der Waals surface area contributed by atoms with Gasteiger partial charge in [-0.25, -0.2) is 0 Å². The van der Waals surface area contributed by atoms with Crippen molar-refractivity contribution in [2.45, 2.75) is 5.79 Å². The fraction of sp³-hybridized carbons (Fsp3) is 0.222. The normalized spacial score (nSPS) is 15.9. The second kappa shape index (κ2) is 3.03. The average Bonchev–Trinajstić information content (AvgIpc) is 2.06. The minimum atomic E-state index is -1.42. The molecule has 0 heterocycles. The Morgan fingerprint density at radius 3 is 2.36 bits per heavy atom. The van der Waals surface area contributed by atoms with Gasteiger partial charge in [-0.2, -0.15) is 0 Å². The van der Waals surface area contributed by atoms with E-state index in [2.05, 4.69) is 6.92 Å². The number of ether oxygens (including phenoxy) is 1. The van der Waals surface area contributed by atoms with Crippen LogP contribution in [0.4, 0.5) is 0 Å². The van der Waals surface area contributed by atoms with E-state index in [-0.39, 0.29) is 0 Å². The Balaban J connectivity index is 2.93. The zero-order chi connectivity index (χ0) is 8.32. The SMILES string of the molecule is [CH2]C(O)(OC)c1ccccc1. The highest BCUT2D eigenvalue weighted by molar-refractivity contribution is 5.20. The third kappa shape index (κ3) is 1.79. The van der Waals surface area contributed by atoms with Crippen LogP contribution in [0.2, 0.25) is 0 Å². The largest absolute Gasteiger partial charge is 0.362 e. The highest BCUT2D eigenvalue weighted by Crippen LogP contribution is 2.19. The van der Waals surface area contributed by atoms with E-state index in [0.29, 0.717) is 5.56 Å². The Hall–Kier alpha value is -0.860. The molecule has 0 aliphatic heterocycles. The molecule has 59 valence electrons. The van der Waals surface area contributed by atoms with Gasteiger partial charge in [-0.05, 0) is 0 Å². The van der Waals surface area contributed by atoms with Crippen molar-refractivity contribution in [2.24, 2.45) is 0 Å². The number of rotatable bonds is 2. The summed E-state index contributed by atoms with van der Waals surface area (Å²) in [6.07, 6.45) is 0. The van der Waals surface area contributed by atoms with E-state index in [9.17, 15) is 5.11 Å². The van der Waals surface area contributed by atoms with E-state index in [1.165, 1.54) is 7.11 Å². The topological polar surface area (TPSA) is 29.5 Å². The molecular formula is C9H11O2. The molecule has 0 saturated heterocycles. The van der Waals surface area contributed by atoms with Gasteiger partial charge < -0.3 is 9.84 Å². The molecule has 1 aromatic carbocycles. The third-order valence-electron chi connectivity index (χ3n) is 1.56. The van der Waals surface area contributed by atoms with Crippen LogP contribution in [-0.4, -0.2) is 12.2 Å². The highest BCUT2D eigenvalue weighted by Gasteiger charge is 2.20. The van der Waals surface area contributed by atoms with Crippen molar-refractivity contribution in [2.75, 3.05) is 7.11 Å². The first-order valence-corrected chi connectivity index (χ1v) is 3.35. The number of hydrogen-bond acceptors (Lipinski definition) is 2. The summed E-state index contributed by atoms with van der Waals surface area (Å²) in [5, 5.41) is 9.46. The van der Waals surface area contributed by atoms with Crippen molar-refractivity contribution >= 4 is 0 Å². The van der Waals surface area contributed by atoms with E-state index in [1.807, 2.05) is 18.2 Å². The molecule has 0 fully saturated rings. The van der Waals surface area contributed by atoms with E-state index in [0.717, 1.165) is 0 Å². The van der Waals surface area contributed by atoms with Gasteiger partial charge in [0, 0.05) is 19.6 Å². The maximum absolute atomic E-state index is 9.46. The molecule has 1 N–H and O–H groups in total. The molecule has 0 aliphatic carbocycles. The fourth-order valence-corrected chi connectivity index (χ4v) is 0.816. The number of benzene rings is 1. The van der Waals surface area contributed by atoms with E-state index < -0.39 is 5.79 Å². The molecule has 1 unspecified atom stereocenters. The molecule has 0 amide bonds. The van der Waals surface area contributed by atoms with Crippen molar-refractivity contribution in [1.82, 2.24) is 0 Å². The zero-order valence-corrected chi connectivity index (χ0v) is 6.45. The van der Waals surface area contributed by atoms with Gasteiger partial charge in [-0.15, -0.1) is 0 Å². The first-order valence-electron chi connectivity index (χ1n) is 3.35. The number of aliphatic hydroxyl groups is 1. The standard InChI is InChI=1S/C9H11O2/c1-9(10,11-2)8-6-4-3-5-7-8/h3-7,10H,1H2,2H3. The van der Waals surface area contributed by atoms with Crippen molar-refractivity contribution in [3.8, 4) is 0 Å². The summed E-state index contributed by atoms with van der Waals surface area (Å²) in [5.41, 5.74) is 0.655. The monoisotopic (exact) mass is 151 g/mol. The molecule has 2 nitrogen and oxygen atoms in total. The molecule has 0 bridgehead atoms. The van der Waals surface area contributed by atoms with Gasteiger partial charge in [0.2, 0.25) is 0 Å². The number of hydrogen-bond donors (Lipinski definition) is 1. The molecule has 1 rings (SSSR count). The van der Waals surface area contributed by atoms with Crippen LogP contribution in [0.1, 0.15) is 5.56 Å². The van der Waals surface area contributed by atoms with Gasteiger partial charge in [0.1, 0.15) is 0 Å². The number of methoxy groups -OCH3 is 1. The van der Waals surface area contributed by atoms with Crippen LogP contribution < -0.4 is 0 Å². The van der Waals surface area contributed by atoms with Gasteiger partial charge in [-0.1, -0.05) is 30.3 Å². The molecule has 1 atom stereocenters. The van der Waals surface area contributed by atoms with E-state index in [4.69, 9.17) is 4.74 Å². The molecule has 0 aliphatic rings. The van der Waals surface area contributed by atoms with Crippen LogP contribution in [-0.2, 0) is 10.5 Å². The van der Waals surface area contributed by atoms with Crippen LogP contribution >= 0.6 is 0 Å². The summed E-state index contributed by atoms with van der Waals surface area (Å²) in [6, 6.07) is 9.04. The first kappa shape index (κ1) is 8.24. The molecule has 11 heavy (non-hydrogen) atoms. The quantitative estimate of drug-likeness (QED) is 0.646. The lowest BCUT2D eigenvalue weighted by Crippen LogP contribution is -2.23. The minimum Gasteiger partial charge on any atom is -0.362 e. The molecule has 0 aromatic heterocycles. The predicted molar refractivity (Wildman–Crippen MR) is 42.7 cm³/mol. The lowest BCUT2D eigenvalue weighted by Gasteiger charge is -2.20. The highest BCUT2D eigenvalue weighted by atomic mass is 16.6. The Kier molecular flexibility index (Phi) is 2.27. The van der Waals surface area contributed by atoms with Crippen molar-refractivity contribution in [1.29, 1.82) is 0 Å². The van der Waals surface area contributed by atoms with Crippen LogP contribution in [0.3, 0.4) is 0 Å². The third-order valence-corrected chi connectivity index (χ3v) is 1.56. The Bertz CT molecular complexity index is 216. The molecule has 0 spiro atoms. The minimum absolute atomic E-state index is 0.655. The lowest BCUT2D eigenvalue weighted by atomic mass is 10.1. The fourth-order valence-electron chi connectivity index (χ4n) is 0.816. The molecular weight excluding hydrogens is 140 g/mol. The van der Waals surface area contributed by atoms with Crippen LogP contribution in [0.5, 0.6) is 0 Å². The van der Waals surface area contributed by atoms with Crippen LogP contribution in [0.15, 0.2) is 30.3 Å². The smallest absolute Gasteiger partial charge is 0.192 e. The first-order chi connectivity index (χ1) is 5.17. The summed E-state index contributed by atoms with van der Waals surface area (Å²) in [6.45, 7) is 3.49. The summed E-state index contributed by atoms with van der Waals surface area (Å²) in [5.74, 6) is -1.42. The Morgan fingerprint density at radius 1 is 1.36 bits per heavy atom. The van der Waals surface area contributed by atoms with Gasteiger partial charge >= 0.3 is 0 Å². The van der Waals surface area contributed by atoms with Crippen molar-refractivity contribution < 1.29 is 9.84 Å². The maximum Gasteiger partial charge on any atom is 0.192 e. The molecule has 1 radical (unpaired) electrons. The zero-order valence-electron chi connectivity index (χ0n) is 6.45. The summed E-state index contributed by atoms with van der Waals surface area (Å²) in [4.78, 5) is 0. The predicted octanol–water partition coefficient (Wildman–Crippen LogP) is 1.31. The van der Waals surface area contributed by atoms with Crippen molar-refractivity contribution in [3.63, 3.8) is 0 Å². The second-order valence-electron chi connectivity index (χ2n) is 2.35. The van der Waals surface area contributed by atoms with Gasteiger partial charge in [0.25, 0.3) is 0 Å². The summed E-state index contributed by atoms with van der Waals surface area (Å²) >= 11 is 0. The summed E-state index contributed by atoms with van der Waals surface area (Å²) in [7, 11) is 1.42. The van der Waals surface area contributed by atoms with Crippen LogP contribution in [0.25, 0.3) is 0 Å². The molecule has 1 aromatic rings. The van der Waals surface area contributed by atoms with Gasteiger partial charge in [0.05, 0.1) is 0 Å². The Labute approximate surface area is 66.4 Å².